The Bertz CT molecular complexity index is 1210. The molecule has 3 amide bonds. The van der Waals surface area contributed by atoms with Crippen molar-refractivity contribution in [2.75, 3.05) is 32.7 Å². The summed E-state index contributed by atoms with van der Waals surface area (Å²) in [4.78, 5) is 69.2. The quantitative estimate of drug-likeness (QED) is 0.390. The molecule has 4 N–H and O–H groups in total. The third kappa shape index (κ3) is 5.28. The summed E-state index contributed by atoms with van der Waals surface area (Å²) in [5.41, 5.74) is 0.363. The number of piperazine rings is 1. The molecule has 0 radical (unpaired) electrons. The van der Waals surface area contributed by atoms with E-state index in [1.54, 1.807) is 29.2 Å². The topological polar surface area (TPSA) is 169 Å². The number of nitrogens with zero attached hydrogens (tertiary/aromatic N) is 3. The summed E-state index contributed by atoms with van der Waals surface area (Å²) < 4.78 is 0. The van der Waals surface area contributed by atoms with E-state index in [0.29, 0.717) is 43.5 Å². The molecule has 3 heterocycles. The van der Waals surface area contributed by atoms with Gasteiger partial charge in [-0.2, -0.15) is 0 Å². The molecular weight excluding hydrogens is 470 g/mol. The number of amides is 3. The van der Waals surface area contributed by atoms with Crippen LogP contribution >= 0.6 is 0 Å². The molecule has 0 aliphatic carbocycles. The average molecular weight is 498 g/mol. The maximum Gasteiger partial charge on any atom is 0.326 e. The standard InChI is InChI=1S/C24H27N5O7/c30-20(31)6-5-17(23(34)28-11-8-25-9-12-28)27-21(32)18-13-15(14-3-1-2-4-16(14)26-18)22(33)29-10-7-19(29)24(35)36/h1-4,13,17,19,25H,5-12H2,(H,27,32)(H,30,31)(H,35,36)/t17-,19-/m0/s1. The van der Waals surface area contributed by atoms with Crippen LogP contribution in [0.25, 0.3) is 10.9 Å². The van der Waals surface area contributed by atoms with Crippen LogP contribution in [0.5, 0.6) is 0 Å². The van der Waals surface area contributed by atoms with Crippen molar-refractivity contribution in [1.82, 2.24) is 25.4 Å². The molecule has 2 atom stereocenters. The number of para-hydroxylation sites is 1. The molecule has 1 aromatic heterocycles. The van der Waals surface area contributed by atoms with Crippen LogP contribution in [0.3, 0.4) is 0 Å². The zero-order valence-electron chi connectivity index (χ0n) is 19.5. The van der Waals surface area contributed by atoms with Crippen LogP contribution in [0.2, 0.25) is 0 Å². The van der Waals surface area contributed by atoms with Crippen molar-refractivity contribution in [3.8, 4) is 0 Å². The molecule has 0 bridgehead atoms. The number of pyridine rings is 1. The van der Waals surface area contributed by atoms with E-state index in [2.05, 4.69) is 15.6 Å². The molecule has 0 unspecified atom stereocenters. The average Bonchev–Trinajstić information content (AvgIpc) is 2.84. The predicted molar refractivity (Wildman–Crippen MR) is 126 cm³/mol. The summed E-state index contributed by atoms with van der Waals surface area (Å²) in [5, 5.41) is 24.7. The fraction of sp³-hybridized carbons (Fsp3) is 0.417. The zero-order valence-corrected chi connectivity index (χ0v) is 19.5. The van der Waals surface area contributed by atoms with Gasteiger partial charge in [0.1, 0.15) is 17.8 Å². The van der Waals surface area contributed by atoms with Crippen LogP contribution < -0.4 is 10.6 Å². The second kappa shape index (κ2) is 10.7. The minimum atomic E-state index is -1.10. The van der Waals surface area contributed by atoms with Crippen molar-refractivity contribution >= 4 is 40.6 Å². The number of rotatable bonds is 8. The van der Waals surface area contributed by atoms with Crippen LogP contribution in [-0.2, 0) is 14.4 Å². The van der Waals surface area contributed by atoms with Crippen LogP contribution in [-0.4, -0.2) is 99.5 Å². The number of aromatic nitrogens is 1. The normalized spacial score (nSPS) is 18.3. The van der Waals surface area contributed by atoms with Crippen LogP contribution in [0.4, 0.5) is 0 Å². The highest BCUT2D eigenvalue weighted by atomic mass is 16.4. The predicted octanol–water partition coefficient (Wildman–Crippen LogP) is -0.0711. The molecule has 2 saturated heterocycles. The third-order valence-corrected chi connectivity index (χ3v) is 6.42. The number of hydrogen-bond acceptors (Lipinski definition) is 7. The van der Waals surface area contributed by atoms with Crippen molar-refractivity contribution in [1.29, 1.82) is 0 Å². The highest BCUT2D eigenvalue weighted by molar-refractivity contribution is 6.10. The summed E-state index contributed by atoms with van der Waals surface area (Å²) in [6.07, 6.45) is -0.0721. The first kappa shape index (κ1) is 25.0. The summed E-state index contributed by atoms with van der Waals surface area (Å²) in [5.74, 6) is -3.83. The van der Waals surface area contributed by atoms with Gasteiger partial charge in [0.05, 0.1) is 11.1 Å². The van der Waals surface area contributed by atoms with Crippen molar-refractivity contribution < 1.29 is 34.2 Å². The smallest absolute Gasteiger partial charge is 0.326 e. The van der Waals surface area contributed by atoms with E-state index in [-0.39, 0.29) is 36.6 Å². The number of carboxylic acid groups (broad SMARTS) is 2. The Balaban J connectivity index is 1.62. The van der Waals surface area contributed by atoms with Gasteiger partial charge in [0.25, 0.3) is 11.8 Å². The second-order valence-corrected chi connectivity index (χ2v) is 8.75. The summed E-state index contributed by atoms with van der Waals surface area (Å²) in [7, 11) is 0. The maximum atomic E-state index is 13.2. The number of benzene rings is 1. The number of carbonyl (C=O) groups excluding carboxylic acids is 3. The number of likely N-dealkylation sites (tertiary alicyclic amines) is 1. The van der Waals surface area contributed by atoms with Gasteiger partial charge in [-0.3, -0.25) is 19.2 Å². The van der Waals surface area contributed by atoms with E-state index in [1.807, 2.05) is 0 Å². The van der Waals surface area contributed by atoms with Gasteiger partial charge in [0.2, 0.25) is 5.91 Å². The van der Waals surface area contributed by atoms with E-state index in [9.17, 15) is 29.1 Å². The maximum absolute atomic E-state index is 13.2. The number of carboxylic acids is 2. The number of carbonyl (C=O) groups is 5. The first-order chi connectivity index (χ1) is 17.3. The Morgan fingerprint density at radius 1 is 1.08 bits per heavy atom. The van der Waals surface area contributed by atoms with E-state index >= 15 is 0 Å². The van der Waals surface area contributed by atoms with Gasteiger partial charge in [-0.15, -0.1) is 0 Å². The highest BCUT2D eigenvalue weighted by Gasteiger charge is 2.39. The molecular formula is C24H27N5O7. The first-order valence-electron chi connectivity index (χ1n) is 11.7. The van der Waals surface area contributed by atoms with E-state index < -0.39 is 35.8 Å². The lowest BCUT2D eigenvalue weighted by molar-refractivity contribution is -0.146. The largest absolute Gasteiger partial charge is 0.481 e. The van der Waals surface area contributed by atoms with Crippen LogP contribution in [0.1, 0.15) is 40.1 Å². The lowest BCUT2D eigenvalue weighted by Gasteiger charge is -2.38. The Hall–Kier alpha value is -4.06. The molecule has 2 aliphatic heterocycles. The molecule has 12 heteroatoms. The van der Waals surface area contributed by atoms with Gasteiger partial charge >= 0.3 is 11.9 Å². The van der Waals surface area contributed by atoms with Gasteiger partial charge in [0.15, 0.2) is 0 Å². The van der Waals surface area contributed by atoms with E-state index in [4.69, 9.17) is 5.11 Å². The molecule has 1 aromatic carbocycles. The fourth-order valence-corrected chi connectivity index (χ4v) is 4.37. The van der Waals surface area contributed by atoms with Crippen molar-refractivity contribution in [2.45, 2.75) is 31.3 Å². The Morgan fingerprint density at radius 2 is 1.81 bits per heavy atom. The van der Waals surface area contributed by atoms with Crippen molar-refractivity contribution in [3.63, 3.8) is 0 Å². The van der Waals surface area contributed by atoms with Crippen LogP contribution in [0, 0.1) is 0 Å². The Kier molecular flexibility index (Phi) is 7.44. The van der Waals surface area contributed by atoms with Gasteiger partial charge in [-0.25, -0.2) is 9.78 Å². The molecule has 4 rings (SSSR count). The Labute approximate surface area is 206 Å². The number of fused-ring (bicyclic) bond motifs is 1. The minimum Gasteiger partial charge on any atom is -0.481 e. The molecule has 2 fully saturated rings. The SMILES string of the molecule is O=C(O)CC[C@H](NC(=O)c1cc(C(=O)N2CC[C@H]2C(=O)O)c2ccccc2n1)C(=O)N1CCNCC1. The molecule has 0 saturated carbocycles. The minimum absolute atomic E-state index is 0.0999. The number of aliphatic carboxylic acids is 2. The second-order valence-electron chi connectivity index (χ2n) is 8.75. The number of nitrogens with one attached hydrogen (secondary N) is 2. The molecule has 2 aliphatic rings. The van der Waals surface area contributed by atoms with Gasteiger partial charge in [0, 0.05) is 44.5 Å². The molecule has 12 nitrogen and oxygen atoms in total. The highest BCUT2D eigenvalue weighted by Crippen LogP contribution is 2.26. The zero-order chi connectivity index (χ0) is 25.8. The number of hydrogen-bond donors (Lipinski definition) is 4. The molecule has 190 valence electrons. The monoisotopic (exact) mass is 497 g/mol. The van der Waals surface area contributed by atoms with Gasteiger partial charge in [-0.05, 0) is 25.0 Å². The van der Waals surface area contributed by atoms with E-state index in [1.165, 1.54) is 11.0 Å². The molecule has 0 spiro atoms. The lowest BCUT2D eigenvalue weighted by atomic mass is 9.99. The summed E-state index contributed by atoms with van der Waals surface area (Å²) >= 11 is 0. The fourth-order valence-electron chi connectivity index (χ4n) is 4.37. The third-order valence-electron chi connectivity index (χ3n) is 6.42. The summed E-state index contributed by atoms with van der Waals surface area (Å²) in [6.45, 7) is 2.34. The lowest BCUT2D eigenvalue weighted by Crippen LogP contribution is -2.55. The van der Waals surface area contributed by atoms with Crippen molar-refractivity contribution in [3.05, 3.63) is 41.6 Å². The van der Waals surface area contributed by atoms with Gasteiger partial charge in [-0.1, -0.05) is 18.2 Å². The van der Waals surface area contributed by atoms with Gasteiger partial charge < -0.3 is 30.6 Å². The van der Waals surface area contributed by atoms with Crippen molar-refractivity contribution in [2.24, 2.45) is 0 Å². The summed E-state index contributed by atoms with van der Waals surface area (Å²) in [6, 6.07) is 5.97. The Morgan fingerprint density at radius 3 is 2.44 bits per heavy atom. The molecule has 2 aromatic rings. The molecule has 36 heavy (non-hydrogen) atoms. The van der Waals surface area contributed by atoms with E-state index in [0.717, 1.165) is 0 Å². The van der Waals surface area contributed by atoms with Crippen LogP contribution in [0.15, 0.2) is 30.3 Å². The first-order valence-corrected chi connectivity index (χ1v) is 11.7.